The average molecular weight is 320 g/mol. The second kappa shape index (κ2) is 7.38. The van der Waals surface area contributed by atoms with Gasteiger partial charge in [-0.05, 0) is 11.6 Å². The molecule has 23 heavy (non-hydrogen) atoms. The molecule has 0 unspecified atom stereocenters. The van der Waals surface area contributed by atoms with Crippen LogP contribution in [-0.2, 0) is 25.6 Å². The molecule has 2 aliphatic rings. The number of carbonyl (C=O) groups excluding carboxylic acids is 1. The van der Waals surface area contributed by atoms with Gasteiger partial charge in [-0.25, -0.2) is 0 Å². The number of ether oxygens (including phenoxy) is 3. The Labute approximate surface area is 136 Å². The number of pyridine rings is 1. The Morgan fingerprint density at radius 2 is 2.48 bits per heavy atom. The molecule has 2 aliphatic heterocycles. The van der Waals surface area contributed by atoms with Gasteiger partial charge >= 0.3 is 0 Å². The first-order valence-corrected chi connectivity index (χ1v) is 8.05. The second-order valence-corrected chi connectivity index (χ2v) is 6.45. The molecule has 0 radical (unpaired) electrons. The summed E-state index contributed by atoms with van der Waals surface area (Å²) in [5, 5.41) is 0. The van der Waals surface area contributed by atoms with Crippen molar-refractivity contribution in [3.8, 4) is 0 Å². The number of nitrogens with zero attached hydrogens (tertiary/aromatic N) is 2. The molecule has 0 bridgehead atoms. The molecule has 6 heteroatoms. The molecule has 1 amide bonds. The van der Waals surface area contributed by atoms with Crippen molar-refractivity contribution in [3.63, 3.8) is 0 Å². The Morgan fingerprint density at radius 3 is 3.26 bits per heavy atom. The summed E-state index contributed by atoms with van der Waals surface area (Å²) in [6.07, 6.45) is 4.01. The number of hydrogen-bond acceptors (Lipinski definition) is 5. The molecule has 1 aromatic rings. The zero-order chi connectivity index (χ0) is 16.1. The molecule has 0 N–H and O–H groups in total. The highest BCUT2D eigenvalue weighted by Gasteiger charge is 2.51. The lowest BCUT2D eigenvalue weighted by Gasteiger charge is -2.27. The molecule has 2 saturated heterocycles. The van der Waals surface area contributed by atoms with Crippen molar-refractivity contribution >= 4 is 5.91 Å². The minimum atomic E-state index is -0.0645. The van der Waals surface area contributed by atoms with Crippen LogP contribution in [0.4, 0.5) is 0 Å². The van der Waals surface area contributed by atoms with E-state index in [-0.39, 0.29) is 11.3 Å². The zero-order valence-electron chi connectivity index (χ0n) is 13.6. The van der Waals surface area contributed by atoms with E-state index in [1.54, 1.807) is 13.3 Å². The summed E-state index contributed by atoms with van der Waals surface area (Å²) in [4.78, 5) is 18.3. The third-order valence-electron chi connectivity index (χ3n) is 4.77. The van der Waals surface area contributed by atoms with Crippen molar-refractivity contribution in [2.45, 2.75) is 13.0 Å². The van der Waals surface area contributed by atoms with E-state index in [0.717, 1.165) is 12.1 Å². The molecule has 0 aliphatic carbocycles. The van der Waals surface area contributed by atoms with E-state index in [0.29, 0.717) is 51.9 Å². The van der Waals surface area contributed by atoms with Crippen LogP contribution in [0.1, 0.15) is 12.0 Å². The Morgan fingerprint density at radius 1 is 1.57 bits per heavy atom. The molecular formula is C17H24N2O4. The van der Waals surface area contributed by atoms with Crippen molar-refractivity contribution < 1.29 is 19.0 Å². The van der Waals surface area contributed by atoms with Crippen molar-refractivity contribution in [2.75, 3.05) is 46.6 Å². The smallest absolute Gasteiger partial charge is 0.224 e. The fourth-order valence-electron chi connectivity index (χ4n) is 3.43. The fourth-order valence-corrected chi connectivity index (χ4v) is 3.43. The number of rotatable bonds is 7. The third-order valence-corrected chi connectivity index (χ3v) is 4.77. The van der Waals surface area contributed by atoms with Crippen LogP contribution >= 0.6 is 0 Å². The quantitative estimate of drug-likeness (QED) is 0.753. The maximum Gasteiger partial charge on any atom is 0.224 e. The Balaban J connectivity index is 1.55. The SMILES string of the molecule is COCCC(=O)N1C[C@@H]2COC[C@]2(COCc2cccnc2)C1. The summed E-state index contributed by atoms with van der Waals surface area (Å²) in [5.74, 6) is 0.524. The molecule has 2 atom stereocenters. The van der Waals surface area contributed by atoms with Gasteiger partial charge in [0.25, 0.3) is 0 Å². The van der Waals surface area contributed by atoms with Gasteiger partial charge in [-0.15, -0.1) is 0 Å². The number of likely N-dealkylation sites (tertiary alicyclic amines) is 1. The summed E-state index contributed by atoms with van der Waals surface area (Å²) in [5.41, 5.74) is 0.996. The van der Waals surface area contributed by atoms with Crippen LogP contribution in [0.25, 0.3) is 0 Å². The Bertz CT molecular complexity index is 525. The molecule has 3 rings (SSSR count). The van der Waals surface area contributed by atoms with Crippen LogP contribution in [0.2, 0.25) is 0 Å². The van der Waals surface area contributed by atoms with E-state index in [1.807, 2.05) is 23.2 Å². The van der Waals surface area contributed by atoms with Gasteiger partial charge in [0.1, 0.15) is 0 Å². The monoisotopic (exact) mass is 320 g/mol. The molecule has 2 fully saturated rings. The van der Waals surface area contributed by atoms with Gasteiger partial charge in [0.2, 0.25) is 5.91 Å². The van der Waals surface area contributed by atoms with E-state index >= 15 is 0 Å². The summed E-state index contributed by atoms with van der Waals surface area (Å²) < 4.78 is 16.6. The number of fused-ring (bicyclic) bond motifs is 1. The Kier molecular flexibility index (Phi) is 5.25. The highest BCUT2D eigenvalue weighted by Crippen LogP contribution is 2.41. The summed E-state index contributed by atoms with van der Waals surface area (Å²) in [6.45, 7) is 4.48. The first-order valence-electron chi connectivity index (χ1n) is 8.05. The van der Waals surface area contributed by atoms with Gasteiger partial charge < -0.3 is 19.1 Å². The number of carbonyl (C=O) groups is 1. The van der Waals surface area contributed by atoms with Crippen molar-refractivity contribution in [1.82, 2.24) is 9.88 Å². The summed E-state index contributed by atoms with van der Waals surface area (Å²) in [7, 11) is 1.62. The van der Waals surface area contributed by atoms with Gasteiger partial charge in [-0.1, -0.05) is 6.07 Å². The van der Waals surface area contributed by atoms with Crippen molar-refractivity contribution in [3.05, 3.63) is 30.1 Å². The van der Waals surface area contributed by atoms with E-state index in [4.69, 9.17) is 14.2 Å². The third kappa shape index (κ3) is 3.71. The predicted molar refractivity (Wildman–Crippen MR) is 83.7 cm³/mol. The lowest BCUT2D eigenvalue weighted by atomic mass is 9.82. The van der Waals surface area contributed by atoms with Crippen LogP contribution in [-0.4, -0.2) is 62.4 Å². The standard InChI is InChI=1S/C17H24N2O4/c1-21-6-4-16(20)19-8-15-10-23-13-17(15,11-19)12-22-9-14-3-2-5-18-7-14/h2-3,5,7,15H,4,6,8-13H2,1H3/t15-,17-/m1/s1. The van der Waals surface area contributed by atoms with Crippen molar-refractivity contribution in [1.29, 1.82) is 0 Å². The van der Waals surface area contributed by atoms with Crippen LogP contribution in [0.5, 0.6) is 0 Å². The van der Waals surface area contributed by atoms with Gasteiger partial charge in [0, 0.05) is 43.9 Å². The highest BCUT2D eigenvalue weighted by molar-refractivity contribution is 5.76. The zero-order valence-corrected chi connectivity index (χ0v) is 13.6. The molecule has 126 valence electrons. The molecule has 0 spiro atoms. The predicted octanol–water partition coefficient (Wildman–Crippen LogP) is 1.11. The van der Waals surface area contributed by atoms with E-state index < -0.39 is 0 Å². The maximum atomic E-state index is 12.2. The lowest BCUT2D eigenvalue weighted by Crippen LogP contribution is -2.37. The van der Waals surface area contributed by atoms with Gasteiger partial charge in [0.15, 0.2) is 0 Å². The van der Waals surface area contributed by atoms with Gasteiger partial charge in [-0.3, -0.25) is 9.78 Å². The average Bonchev–Trinajstić information content (AvgIpc) is 3.10. The molecule has 0 saturated carbocycles. The van der Waals surface area contributed by atoms with Crippen LogP contribution in [0.15, 0.2) is 24.5 Å². The van der Waals surface area contributed by atoms with E-state index in [2.05, 4.69) is 4.98 Å². The van der Waals surface area contributed by atoms with E-state index in [9.17, 15) is 4.79 Å². The number of aromatic nitrogens is 1. The highest BCUT2D eigenvalue weighted by atomic mass is 16.5. The lowest BCUT2D eigenvalue weighted by molar-refractivity contribution is -0.132. The second-order valence-electron chi connectivity index (χ2n) is 6.45. The van der Waals surface area contributed by atoms with E-state index in [1.165, 1.54) is 0 Å². The molecule has 6 nitrogen and oxygen atoms in total. The number of hydrogen-bond donors (Lipinski definition) is 0. The minimum absolute atomic E-state index is 0.0645. The fraction of sp³-hybridized carbons (Fsp3) is 0.647. The van der Waals surface area contributed by atoms with Gasteiger partial charge in [-0.2, -0.15) is 0 Å². The normalized spacial score (nSPS) is 26.5. The first kappa shape index (κ1) is 16.4. The summed E-state index contributed by atoms with van der Waals surface area (Å²) in [6, 6.07) is 3.91. The largest absolute Gasteiger partial charge is 0.384 e. The van der Waals surface area contributed by atoms with Crippen LogP contribution in [0, 0.1) is 11.3 Å². The molecule has 3 heterocycles. The first-order chi connectivity index (χ1) is 11.2. The molecule has 0 aromatic carbocycles. The maximum absolute atomic E-state index is 12.2. The minimum Gasteiger partial charge on any atom is -0.384 e. The summed E-state index contributed by atoms with van der Waals surface area (Å²) >= 11 is 0. The molecule has 1 aromatic heterocycles. The number of amides is 1. The van der Waals surface area contributed by atoms with Gasteiger partial charge in [0.05, 0.1) is 39.5 Å². The van der Waals surface area contributed by atoms with Crippen molar-refractivity contribution in [2.24, 2.45) is 11.3 Å². The number of methoxy groups -OCH3 is 1. The van der Waals surface area contributed by atoms with Crippen LogP contribution in [0.3, 0.4) is 0 Å². The Hall–Kier alpha value is -1.50. The van der Waals surface area contributed by atoms with Crippen LogP contribution < -0.4 is 0 Å². The topological polar surface area (TPSA) is 60.9 Å². The molecular weight excluding hydrogens is 296 g/mol.